The Kier molecular flexibility index (Phi) is 5.73. The van der Waals surface area contributed by atoms with Crippen molar-refractivity contribution in [2.45, 2.75) is 6.92 Å². The molecule has 72 valence electrons. The minimum atomic E-state index is -0.344. The maximum absolute atomic E-state index is 10.9. The summed E-state index contributed by atoms with van der Waals surface area (Å²) < 4.78 is 4.69. The summed E-state index contributed by atoms with van der Waals surface area (Å²) >= 11 is 5.43. The summed E-state index contributed by atoms with van der Waals surface area (Å²) in [7, 11) is 1.64. The molecule has 13 heavy (non-hydrogen) atoms. The van der Waals surface area contributed by atoms with E-state index in [0.717, 1.165) is 0 Å². The largest absolute Gasteiger partial charge is 0.465 e. The van der Waals surface area contributed by atoms with Gasteiger partial charge in [-0.1, -0.05) is 11.6 Å². The van der Waals surface area contributed by atoms with Gasteiger partial charge in [-0.05, 0) is 6.92 Å². The fraction of sp³-hybridized carbons (Fsp3) is 0.500. The molecule has 0 rings (SSSR count). The minimum absolute atomic E-state index is 0.0341. The lowest BCUT2D eigenvalue weighted by Crippen LogP contribution is -2.23. The van der Waals surface area contributed by atoms with E-state index in [0.29, 0.717) is 6.61 Å². The molecule has 0 unspecified atom stereocenters. The number of ether oxygens (including phenoxy) is 1. The van der Waals surface area contributed by atoms with Gasteiger partial charge in [0.15, 0.2) is 0 Å². The molecule has 0 spiro atoms. The van der Waals surface area contributed by atoms with Gasteiger partial charge in [-0.15, -0.1) is 0 Å². The van der Waals surface area contributed by atoms with Crippen LogP contribution in [-0.4, -0.2) is 31.1 Å². The molecule has 0 heterocycles. The monoisotopic (exact) mass is 202 g/mol. The predicted octanol–water partition coefficient (Wildman–Crippen LogP) is 1.09. The average molecular weight is 203 g/mol. The molecule has 0 amide bonds. The molecule has 0 fully saturated rings. The van der Waals surface area contributed by atoms with E-state index in [2.05, 4.69) is 0 Å². The summed E-state index contributed by atoms with van der Waals surface area (Å²) in [5.74, 6) is -0.344. The normalized spacial score (nSPS) is 10.5. The van der Waals surface area contributed by atoms with Crippen LogP contribution in [0.1, 0.15) is 6.92 Å². The highest BCUT2D eigenvalue weighted by molar-refractivity contribution is 6.31. The summed E-state index contributed by atoms with van der Waals surface area (Å²) in [4.78, 5) is 12.4. The van der Waals surface area contributed by atoms with Crippen molar-refractivity contribution in [1.82, 2.24) is 4.90 Å². The van der Waals surface area contributed by atoms with Crippen LogP contribution in [0.4, 0.5) is 0 Å². The van der Waals surface area contributed by atoms with Gasteiger partial charge in [-0.2, -0.15) is 5.26 Å². The van der Waals surface area contributed by atoms with E-state index in [1.165, 1.54) is 11.1 Å². The van der Waals surface area contributed by atoms with E-state index in [1.54, 1.807) is 20.0 Å². The molecule has 5 heteroatoms. The van der Waals surface area contributed by atoms with Gasteiger partial charge in [0.1, 0.15) is 17.6 Å². The third kappa shape index (κ3) is 6.00. The molecule has 0 aliphatic carbocycles. The predicted molar refractivity (Wildman–Crippen MR) is 48.8 cm³/mol. The van der Waals surface area contributed by atoms with Crippen LogP contribution in [0.25, 0.3) is 0 Å². The number of carbonyl (C=O) groups excluding carboxylic acids is 1. The molecule has 0 atom stereocenters. The van der Waals surface area contributed by atoms with Crippen LogP contribution in [-0.2, 0) is 9.53 Å². The Labute approximate surface area is 82.3 Å². The molecular weight excluding hydrogens is 192 g/mol. The first-order valence-electron chi connectivity index (χ1n) is 3.73. The molecule has 0 saturated carbocycles. The zero-order valence-electron chi connectivity index (χ0n) is 7.58. The van der Waals surface area contributed by atoms with E-state index in [-0.39, 0.29) is 17.5 Å². The number of nitriles is 1. The third-order valence-corrected chi connectivity index (χ3v) is 1.31. The number of esters is 1. The highest BCUT2D eigenvalue weighted by Gasteiger charge is 2.03. The fourth-order valence-electron chi connectivity index (χ4n) is 0.678. The molecule has 0 bridgehead atoms. The summed E-state index contributed by atoms with van der Waals surface area (Å²) in [6, 6.07) is 1.73. The molecule has 0 N–H and O–H groups in total. The summed E-state index contributed by atoms with van der Waals surface area (Å²) in [6.45, 7) is 2.17. The van der Waals surface area contributed by atoms with Gasteiger partial charge in [0.2, 0.25) is 0 Å². The Bertz CT molecular complexity index is 245. The number of likely N-dealkylation sites (N-methyl/N-ethyl adjacent to an activating group) is 1. The van der Waals surface area contributed by atoms with Crippen LogP contribution in [0, 0.1) is 11.3 Å². The summed E-state index contributed by atoms with van der Waals surface area (Å²) in [6.07, 6.45) is 1.37. The maximum Gasteiger partial charge on any atom is 0.325 e. The van der Waals surface area contributed by atoms with Gasteiger partial charge >= 0.3 is 5.97 Å². The van der Waals surface area contributed by atoms with Crippen LogP contribution in [0.15, 0.2) is 11.2 Å². The van der Waals surface area contributed by atoms with Gasteiger partial charge in [0, 0.05) is 13.2 Å². The van der Waals surface area contributed by atoms with Crippen LogP contribution in [0.5, 0.6) is 0 Å². The maximum atomic E-state index is 10.9. The molecule has 0 aromatic carbocycles. The van der Waals surface area contributed by atoms with Crippen LogP contribution in [0.3, 0.4) is 0 Å². The Hall–Kier alpha value is -1.21. The van der Waals surface area contributed by atoms with Crippen molar-refractivity contribution in [3.8, 4) is 6.07 Å². The fourth-order valence-corrected chi connectivity index (χ4v) is 0.845. The van der Waals surface area contributed by atoms with Gasteiger partial charge in [-0.25, -0.2) is 0 Å². The number of hydrogen-bond donors (Lipinski definition) is 0. The van der Waals surface area contributed by atoms with E-state index in [1.807, 2.05) is 0 Å². The lowest BCUT2D eigenvalue weighted by Gasteiger charge is -2.11. The standard InChI is InChI=1S/C8H11ClN2O2/c1-3-13-8(12)6-11(2)5-7(9)4-10/h5H,3,6H2,1-2H3. The third-order valence-electron chi connectivity index (χ3n) is 1.12. The van der Waals surface area contributed by atoms with Crippen molar-refractivity contribution >= 4 is 17.6 Å². The summed E-state index contributed by atoms with van der Waals surface area (Å²) in [5, 5.41) is 8.36. The van der Waals surface area contributed by atoms with E-state index < -0.39 is 0 Å². The van der Waals surface area contributed by atoms with E-state index in [9.17, 15) is 4.79 Å². The smallest absolute Gasteiger partial charge is 0.325 e. The van der Waals surface area contributed by atoms with Crippen LogP contribution in [0.2, 0.25) is 0 Å². The van der Waals surface area contributed by atoms with Gasteiger partial charge in [0.25, 0.3) is 0 Å². The zero-order chi connectivity index (χ0) is 10.3. The first kappa shape index (κ1) is 11.8. The Morgan fingerprint density at radius 2 is 2.38 bits per heavy atom. The number of hydrogen-bond acceptors (Lipinski definition) is 4. The number of allylic oxidation sites excluding steroid dienone is 1. The number of carbonyl (C=O) groups is 1. The first-order chi connectivity index (χ1) is 6.10. The molecule has 0 radical (unpaired) electrons. The van der Waals surface area contributed by atoms with Crippen molar-refractivity contribution in [2.24, 2.45) is 0 Å². The van der Waals surface area contributed by atoms with Crippen molar-refractivity contribution < 1.29 is 9.53 Å². The second kappa shape index (κ2) is 6.32. The molecule has 4 nitrogen and oxygen atoms in total. The zero-order valence-corrected chi connectivity index (χ0v) is 8.34. The highest BCUT2D eigenvalue weighted by Crippen LogP contribution is 1.99. The number of rotatable bonds is 4. The second-order valence-electron chi connectivity index (χ2n) is 2.31. The molecule has 0 saturated heterocycles. The second-order valence-corrected chi connectivity index (χ2v) is 2.72. The average Bonchev–Trinajstić information content (AvgIpc) is 2.04. The van der Waals surface area contributed by atoms with Crippen molar-refractivity contribution in [1.29, 1.82) is 5.26 Å². The minimum Gasteiger partial charge on any atom is -0.465 e. The van der Waals surface area contributed by atoms with E-state index >= 15 is 0 Å². The van der Waals surface area contributed by atoms with Crippen molar-refractivity contribution in [2.75, 3.05) is 20.2 Å². The topological polar surface area (TPSA) is 53.3 Å². The molecule has 0 aliphatic rings. The number of halogens is 1. The van der Waals surface area contributed by atoms with Gasteiger partial charge < -0.3 is 9.64 Å². The van der Waals surface area contributed by atoms with Crippen molar-refractivity contribution in [3.63, 3.8) is 0 Å². The Balaban J connectivity index is 3.95. The SMILES string of the molecule is CCOC(=O)CN(C)C=C(Cl)C#N. The molecule has 0 aliphatic heterocycles. The Morgan fingerprint density at radius 1 is 1.77 bits per heavy atom. The number of nitrogens with zero attached hydrogens (tertiary/aromatic N) is 2. The molecule has 0 aromatic heterocycles. The van der Waals surface area contributed by atoms with Crippen LogP contribution >= 0.6 is 11.6 Å². The first-order valence-corrected chi connectivity index (χ1v) is 4.11. The highest BCUT2D eigenvalue weighted by atomic mass is 35.5. The lowest BCUT2D eigenvalue weighted by molar-refractivity contribution is -0.143. The molecule has 0 aromatic rings. The van der Waals surface area contributed by atoms with Crippen molar-refractivity contribution in [3.05, 3.63) is 11.2 Å². The van der Waals surface area contributed by atoms with Gasteiger partial charge in [0.05, 0.1) is 6.61 Å². The van der Waals surface area contributed by atoms with Gasteiger partial charge in [-0.3, -0.25) is 4.79 Å². The quantitative estimate of drug-likeness (QED) is 0.506. The molecular formula is C8H11ClN2O2. The van der Waals surface area contributed by atoms with E-state index in [4.69, 9.17) is 21.6 Å². The summed E-state index contributed by atoms with van der Waals surface area (Å²) in [5.41, 5.74) is 0. The Morgan fingerprint density at radius 3 is 2.85 bits per heavy atom. The van der Waals surface area contributed by atoms with Crippen LogP contribution < -0.4 is 0 Å². The lowest BCUT2D eigenvalue weighted by atomic mass is 10.5.